The average Bonchev–Trinajstić information content (AvgIpc) is 2.42. The van der Waals surface area contributed by atoms with Crippen LogP contribution in [0.2, 0.25) is 0 Å². The lowest BCUT2D eigenvalue weighted by molar-refractivity contribution is 0.0953. The van der Waals surface area contributed by atoms with Gasteiger partial charge < -0.3 is 10.2 Å². The van der Waals surface area contributed by atoms with E-state index in [1.165, 1.54) is 0 Å². The highest BCUT2D eigenvalue weighted by atomic mass is 35.5. The molecular formula is C15H23ClN2O. The van der Waals surface area contributed by atoms with Crippen molar-refractivity contribution in [2.24, 2.45) is 0 Å². The van der Waals surface area contributed by atoms with E-state index in [1.54, 1.807) is 0 Å². The molecule has 0 aromatic heterocycles. The lowest BCUT2D eigenvalue weighted by Gasteiger charge is -2.12. The summed E-state index contributed by atoms with van der Waals surface area (Å²) in [7, 11) is 3.96. The summed E-state index contributed by atoms with van der Waals surface area (Å²) >= 11 is 5.61. The minimum absolute atomic E-state index is 0.00245. The third-order valence-electron chi connectivity index (χ3n) is 2.99. The van der Waals surface area contributed by atoms with Crippen LogP contribution in [-0.4, -0.2) is 32.4 Å². The maximum atomic E-state index is 11.9. The summed E-state index contributed by atoms with van der Waals surface area (Å²) < 4.78 is 0. The molecule has 0 spiro atoms. The fraction of sp³-hybridized carbons (Fsp3) is 0.533. The van der Waals surface area contributed by atoms with Gasteiger partial charge >= 0.3 is 0 Å². The summed E-state index contributed by atoms with van der Waals surface area (Å²) in [5.74, 6) is 0.729. The Balaban J connectivity index is 2.29. The highest BCUT2D eigenvalue weighted by molar-refractivity contribution is 6.17. The van der Waals surface area contributed by atoms with Crippen molar-refractivity contribution >= 4 is 23.2 Å². The van der Waals surface area contributed by atoms with E-state index in [1.807, 2.05) is 43.3 Å². The van der Waals surface area contributed by atoms with E-state index in [4.69, 9.17) is 11.6 Å². The minimum atomic E-state index is 0.00245. The van der Waals surface area contributed by atoms with E-state index >= 15 is 0 Å². The molecule has 0 unspecified atom stereocenters. The maximum Gasteiger partial charge on any atom is 0.251 e. The summed E-state index contributed by atoms with van der Waals surface area (Å²) in [4.78, 5) is 13.9. The zero-order chi connectivity index (χ0) is 14.1. The van der Waals surface area contributed by atoms with Gasteiger partial charge in [-0.2, -0.15) is 0 Å². The molecule has 0 radical (unpaired) electrons. The monoisotopic (exact) mass is 282 g/mol. The van der Waals surface area contributed by atoms with Gasteiger partial charge in [-0.25, -0.2) is 0 Å². The summed E-state index contributed by atoms with van der Waals surface area (Å²) in [6.45, 7) is 0.733. The number of rotatable bonds is 8. The number of nitrogens with zero attached hydrogens (tertiary/aromatic N) is 1. The zero-order valence-corrected chi connectivity index (χ0v) is 12.5. The van der Waals surface area contributed by atoms with E-state index < -0.39 is 0 Å². The Kier molecular flexibility index (Phi) is 7.34. The summed E-state index contributed by atoms with van der Waals surface area (Å²) in [6.07, 6.45) is 4.32. The lowest BCUT2D eigenvalue weighted by Crippen LogP contribution is -2.24. The van der Waals surface area contributed by atoms with Crippen molar-refractivity contribution < 1.29 is 4.79 Å². The largest absolute Gasteiger partial charge is 0.378 e. The Labute approximate surface area is 120 Å². The summed E-state index contributed by atoms with van der Waals surface area (Å²) in [5.41, 5.74) is 1.81. The van der Waals surface area contributed by atoms with Gasteiger partial charge in [0, 0.05) is 37.8 Å². The number of benzene rings is 1. The Morgan fingerprint density at radius 1 is 1.11 bits per heavy atom. The first-order valence-corrected chi connectivity index (χ1v) is 7.30. The molecule has 0 aliphatic carbocycles. The van der Waals surface area contributed by atoms with Gasteiger partial charge in [0.25, 0.3) is 5.91 Å². The number of hydrogen-bond acceptors (Lipinski definition) is 2. The molecule has 106 valence electrons. The van der Waals surface area contributed by atoms with Crippen LogP contribution >= 0.6 is 11.6 Å². The summed E-state index contributed by atoms with van der Waals surface area (Å²) in [6, 6.07) is 7.63. The smallest absolute Gasteiger partial charge is 0.251 e. The third kappa shape index (κ3) is 5.97. The van der Waals surface area contributed by atoms with Gasteiger partial charge in [0.15, 0.2) is 0 Å². The molecule has 1 aromatic carbocycles. The van der Waals surface area contributed by atoms with Gasteiger partial charge in [0.2, 0.25) is 0 Å². The van der Waals surface area contributed by atoms with Gasteiger partial charge in [-0.1, -0.05) is 12.8 Å². The van der Waals surface area contributed by atoms with Crippen LogP contribution in [0.1, 0.15) is 36.0 Å². The molecule has 0 aliphatic rings. The van der Waals surface area contributed by atoms with Gasteiger partial charge in [-0.15, -0.1) is 11.6 Å². The first-order valence-electron chi connectivity index (χ1n) is 6.76. The van der Waals surface area contributed by atoms with Crippen molar-refractivity contribution in [1.82, 2.24) is 5.32 Å². The molecule has 1 N–H and O–H groups in total. The van der Waals surface area contributed by atoms with E-state index in [9.17, 15) is 4.79 Å². The van der Waals surface area contributed by atoms with Crippen LogP contribution in [0, 0.1) is 0 Å². The molecule has 0 bridgehead atoms. The van der Waals surface area contributed by atoms with E-state index in [0.717, 1.165) is 43.8 Å². The highest BCUT2D eigenvalue weighted by Gasteiger charge is 2.04. The number of carbonyl (C=O) groups is 1. The molecule has 4 heteroatoms. The van der Waals surface area contributed by atoms with Crippen LogP contribution in [0.5, 0.6) is 0 Å². The topological polar surface area (TPSA) is 32.3 Å². The second kappa shape index (κ2) is 8.81. The maximum absolute atomic E-state index is 11.9. The van der Waals surface area contributed by atoms with Crippen LogP contribution in [0.3, 0.4) is 0 Å². The third-order valence-corrected chi connectivity index (χ3v) is 3.26. The molecule has 19 heavy (non-hydrogen) atoms. The van der Waals surface area contributed by atoms with Gasteiger partial charge in [-0.05, 0) is 37.1 Å². The number of unbranched alkanes of at least 4 members (excludes halogenated alkanes) is 3. The van der Waals surface area contributed by atoms with Crippen molar-refractivity contribution in [2.75, 3.05) is 31.4 Å². The predicted octanol–water partition coefficient (Wildman–Crippen LogP) is 3.28. The molecule has 0 aliphatic heterocycles. The second-order valence-electron chi connectivity index (χ2n) is 4.80. The average molecular weight is 283 g/mol. The normalized spacial score (nSPS) is 10.3. The quantitative estimate of drug-likeness (QED) is 0.586. The van der Waals surface area contributed by atoms with E-state index in [-0.39, 0.29) is 5.91 Å². The van der Waals surface area contributed by atoms with Crippen molar-refractivity contribution in [2.45, 2.75) is 25.7 Å². The van der Waals surface area contributed by atoms with Crippen LogP contribution in [0.4, 0.5) is 5.69 Å². The number of alkyl halides is 1. The molecule has 1 rings (SSSR count). The van der Waals surface area contributed by atoms with Crippen LogP contribution < -0.4 is 10.2 Å². The van der Waals surface area contributed by atoms with Crippen molar-refractivity contribution in [3.8, 4) is 0 Å². The number of halogens is 1. The molecule has 1 aromatic rings. The van der Waals surface area contributed by atoms with Crippen molar-refractivity contribution in [1.29, 1.82) is 0 Å². The number of anilines is 1. The molecule has 0 heterocycles. The Bertz CT molecular complexity index is 376. The Hall–Kier alpha value is -1.22. The van der Waals surface area contributed by atoms with Crippen molar-refractivity contribution in [3.05, 3.63) is 29.8 Å². The SMILES string of the molecule is CN(C)c1ccc(C(=O)NCCCCCCCl)cc1. The van der Waals surface area contributed by atoms with Gasteiger partial charge in [0.05, 0.1) is 0 Å². The first-order chi connectivity index (χ1) is 9.15. The fourth-order valence-electron chi connectivity index (χ4n) is 1.79. The number of hydrogen-bond donors (Lipinski definition) is 1. The summed E-state index contributed by atoms with van der Waals surface area (Å²) in [5, 5.41) is 2.94. The Morgan fingerprint density at radius 2 is 1.74 bits per heavy atom. The van der Waals surface area contributed by atoms with E-state index in [0.29, 0.717) is 5.56 Å². The Morgan fingerprint density at radius 3 is 2.32 bits per heavy atom. The molecule has 0 saturated heterocycles. The van der Waals surface area contributed by atoms with E-state index in [2.05, 4.69) is 5.32 Å². The zero-order valence-electron chi connectivity index (χ0n) is 11.8. The minimum Gasteiger partial charge on any atom is -0.378 e. The standard InChI is InChI=1S/C15H23ClN2O/c1-18(2)14-9-7-13(8-10-14)15(19)17-12-6-4-3-5-11-16/h7-10H,3-6,11-12H2,1-2H3,(H,17,19). The molecule has 1 amide bonds. The van der Waals surface area contributed by atoms with Crippen molar-refractivity contribution in [3.63, 3.8) is 0 Å². The predicted molar refractivity (Wildman–Crippen MR) is 82.3 cm³/mol. The van der Waals surface area contributed by atoms with Gasteiger partial charge in [0.1, 0.15) is 0 Å². The second-order valence-corrected chi connectivity index (χ2v) is 5.18. The first kappa shape index (κ1) is 15.8. The number of amides is 1. The number of nitrogens with one attached hydrogen (secondary N) is 1. The van der Waals surface area contributed by atoms with Crippen LogP contribution in [-0.2, 0) is 0 Å². The molecule has 3 nitrogen and oxygen atoms in total. The lowest BCUT2D eigenvalue weighted by atomic mass is 10.1. The van der Waals surface area contributed by atoms with Gasteiger partial charge in [-0.3, -0.25) is 4.79 Å². The highest BCUT2D eigenvalue weighted by Crippen LogP contribution is 2.12. The van der Waals surface area contributed by atoms with Crippen LogP contribution in [0.25, 0.3) is 0 Å². The molecule has 0 saturated carbocycles. The molecule has 0 atom stereocenters. The van der Waals surface area contributed by atoms with Crippen LogP contribution in [0.15, 0.2) is 24.3 Å². The molecular weight excluding hydrogens is 260 g/mol. The molecule has 0 fully saturated rings. The number of carbonyl (C=O) groups excluding carboxylic acids is 1. The fourth-order valence-corrected chi connectivity index (χ4v) is 1.98.